The van der Waals surface area contributed by atoms with Crippen molar-refractivity contribution in [2.24, 2.45) is 0 Å². The zero-order chi connectivity index (χ0) is 18.7. The number of aromatic nitrogens is 3. The molecule has 0 saturated carbocycles. The van der Waals surface area contributed by atoms with E-state index in [-0.39, 0.29) is 0 Å². The minimum Gasteiger partial charge on any atom is -0.488 e. The first-order valence-electron chi connectivity index (χ1n) is 10.1. The second-order valence-electron chi connectivity index (χ2n) is 7.99. The average Bonchev–Trinajstić information content (AvgIpc) is 3.21. The molecule has 0 unspecified atom stereocenters. The number of piperazine rings is 1. The smallest absolute Gasteiger partial charge is 0.161 e. The maximum atomic E-state index is 6.07. The second kappa shape index (κ2) is 6.10. The maximum absolute atomic E-state index is 6.07. The van der Waals surface area contributed by atoms with Crippen molar-refractivity contribution < 1.29 is 4.74 Å². The zero-order valence-corrected chi connectivity index (χ0v) is 16.0. The van der Waals surface area contributed by atoms with Crippen molar-refractivity contribution in [1.29, 1.82) is 0 Å². The van der Waals surface area contributed by atoms with Crippen molar-refractivity contribution in [2.45, 2.75) is 25.9 Å². The van der Waals surface area contributed by atoms with Crippen LogP contribution in [0, 0.1) is 6.92 Å². The van der Waals surface area contributed by atoms with Gasteiger partial charge >= 0.3 is 0 Å². The molecule has 1 atom stereocenters. The van der Waals surface area contributed by atoms with Gasteiger partial charge in [-0.15, -0.1) is 0 Å². The molecule has 3 aliphatic rings. The van der Waals surface area contributed by atoms with Crippen LogP contribution in [0.1, 0.15) is 16.8 Å². The van der Waals surface area contributed by atoms with Crippen molar-refractivity contribution in [3.63, 3.8) is 0 Å². The number of aromatic amines is 1. The van der Waals surface area contributed by atoms with E-state index in [1.807, 2.05) is 12.4 Å². The summed E-state index contributed by atoms with van der Waals surface area (Å²) in [7, 11) is 0. The van der Waals surface area contributed by atoms with Gasteiger partial charge in [-0.05, 0) is 25.0 Å². The quantitative estimate of drug-likeness (QED) is 0.677. The van der Waals surface area contributed by atoms with E-state index in [2.05, 4.69) is 44.4 Å². The number of anilines is 2. The number of fused-ring (bicyclic) bond motifs is 6. The number of benzene rings is 1. The van der Waals surface area contributed by atoms with E-state index in [9.17, 15) is 0 Å². The molecule has 2 N–H and O–H groups in total. The molecule has 1 fully saturated rings. The molecule has 1 saturated heterocycles. The van der Waals surface area contributed by atoms with E-state index in [0.29, 0.717) is 6.04 Å². The number of H-pyrrole nitrogens is 1. The molecule has 6 rings (SSSR count). The van der Waals surface area contributed by atoms with E-state index >= 15 is 0 Å². The highest BCUT2D eigenvalue weighted by Gasteiger charge is 2.34. The number of ether oxygens (including phenoxy) is 1. The lowest BCUT2D eigenvalue weighted by Crippen LogP contribution is -2.56. The van der Waals surface area contributed by atoms with Crippen molar-refractivity contribution in [3.05, 3.63) is 41.3 Å². The number of nitrogens with zero attached hydrogens (tertiary/aromatic N) is 4. The molecular formula is C21H24N6O. The summed E-state index contributed by atoms with van der Waals surface area (Å²) < 4.78 is 6.07. The van der Waals surface area contributed by atoms with Crippen molar-refractivity contribution in [2.75, 3.05) is 42.6 Å². The van der Waals surface area contributed by atoms with Crippen LogP contribution in [0.25, 0.3) is 10.9 Å². The molecule has 144 valence electrons. The summed E-state index contributed by atoms with van der Waals surface area (Å²) in [6.45, 7) is 7.78. The molecule has 3 aromatic rings. The number of rotatable bonds is 1. The van der Waals surface area contributed by atoms with Gasteiger partial charge in [0.15, 0.2) is 5.75 Å². The summed E-state index contributed by atoms with van der Waals surface area (Å²) in [5.74, 6) is 0.957. The van der Waals surface area contributed by atoms with Gasteiger partial charge in [0, 0.05) is 37.1 Å². The molecule has 7 nitrogen and oxygen atoms in total. The van der Waals surface area contributed by atoms with Crippen LogP contribution in [0.4, 0.5) is 11.4 Å². The van der Waals surface area contributed by atoms with Gasteiger partial charge in [0.2, 0.25) is 0 Å². The van der Waals surface area contributed by atoms with E-state index < -0.39 is 0 Å². The van der Waals surface area contributed by atoms with Crippen LogP contribution in [-0.4, -0.2) is 54.0 Å². The minimum atomic E-state index is 0.424. The molecular weight excluding hydrogens is 352 g/mol. The van der Waals surface area contributed by atoms with Gasteiger partial charge in [-0.1, -0.05) is 6.07 Å². The molecule has 0 bridgehead atoms. The van der Waals surface area contributed by atoms with Crippen LogP contribution in [0.2, 0.25) is 0 Å². The van der Waals surface area contributed by atoms with Gasteiger partial charge in [-0.2, -0.15) is 5.10 Å². The Morgan fingerprint density at radius 3 is 3.11 bits per heavy atom. The third-order valence-corrected chi connectivity index (χ3v) is 6.36. The Bertz CT molecular complexity index is 1060. The number of pyridine rings is 1. The van der Waals surface area contributed by atoms with Gasteiger partial charge in [0.25, 0.3) is 0 Å². The van der Waals surface area contributed by atoms with Gasteiger partial charge in [-0.25, -0.2) is 0 Å². The van der Waals surface area contributed by atoms with Gasteiger partial charge < -0.3 is 19.9 Å². The normalized spacial score (nSPS) is 21.1. The van der Waals surface area contributed by atoms with Gasteiger partial charge in [-0.3, -0.25) is 10.1 Å². The van der Waals surface area contributed by atoms with Gasteiger partial charge in [0.1, 0.15) is 6.61 Å². The van der Waals surface area contributed by atoms with E-state index in [0.717, 1.165) is 57.0 Å². The molecule has 0 radical (unpaired) electrons. The highest BCUT2D eigenvalue weighted by atomic mass is 16.5. The van der Waals surface area contributed by atoms with Crippen molar-refractivity contribution >= 4 is 22.3 Å². The fourth-order valence-corrected chi connectivity index (χ4v) is 5.00. The fourth-order valence-electron chi connectivity index (χ4n) is 5.00. The highest BCUT2D eigenvalue weighted by molar-refractivity contribution is 5.93. The lowest BCUT2D eigenvalue weighted by Gasteiger charge is -2.44. The number of hydrogen-bond acceptors (Lipinski definition) is 6. The molecule has 0 spiro atoms. The Labute approximate surface area is 163 Å². The molecule has 2 aromatic heterocycles. The SMILES string of the molecule is Cc1ccc2[nH]ncc2c1N1CCc2c(ncc3c2N2CCNC[C@@H]2CO3)C1. The fraction of sp³-hybridized carbons (Fsp3) is 0.429. The predicted octanol–water partition coefficient (Wildman–Crippen LogP) is 2.00. The Hall–Kier alpha value is -2.80. The van der Waals surface area contributed by atoms with Crippen molar-refractivity contribution in [3.8, 4) is 5.75 Å². The van der Waals surface area contributed by atoms with Crippen LogP contribution in [0.5, 0.6) is 5.75 Å². The van der Waals surface area contributed by atoms with Crippen LogP contribution in [0.15, 0.2) is 24.5 Å². The largest absolute Gasteiger partial charge is 0.488 e. The van der Waals surface area contributed by atoms with E-state index in [1.165, 1.54) is 33.6 Å². The molecule has 3 aliphatic heterocycles. The zero-order valence-electron chi connectivity index (χ0n) is 16.0. The summed E-state index contributed by atoms with van der Waals surface area (Å²) >= 11 is 0. The number of aryl methyl sites for hydroxylation is 1. The average molecular weight is 376 g/mol. The highest BCUT2D eigenvalue weighted by Crippen LogP contribution is 2.41. The van der Waals surface area contributed by atoms with Crippen LogP contribution in [-0.2, 0) is 13.0 Å². The molecule has 28 heavy (non-hydrogen) atoms. The summed E-state index contributed by atoms with van der Waals surface area (Å²) in [6, 6.07) is 4.70. The summed E-state index contributed by atoms with van der Waals surface area (Å²) in [6.07, 6.45) is 4.85. The van der Waals surface area contributed by atoms with E-state index in [1.54, 1.807) is 0 Å². The third-order valence-electron chi connectivity index (χ3n) is 6.36. The summed E-state index contributed by atoms with van der Waals surface area (Å²) in [4.78, 5) is 9.81. The standard InChI is InChI=1S/C21H24N6O/c1-13-2-3-17-16(9-24-25-17)20(13)26-6-4-15-18(11-26)23-10-19-21(15)27-7-5-22-8-14(27)12-28-19/h2-3,9-10,14,22H,4-8,11-12H2,1H3,(H,24,25)/t14-/m1/s1. The first-order chi connectivity index (χ1) is 13.8. The third kappa shape index (κ3) is 2.32. The summed E-state index contributed by atoms with van der Waals surface area (Å²) in [5.41, 5.74) is 7.47. The lowest BCUT2D eigenvalue weighted by molar-refractivity contribution is 0.245. The topological polar surface area (TPSA) is 69.3 Å². The van der Waals surface area contributed by atoms with Crippen LogP contribution < -0.4 is 19.9 Å². The molecule has 0 amide bonds. The maximum Gasteiger partial charge on any atom is 0.161 e. The molecule has 0 aliphatic carbocycles. The van der Waals surface area contributed by atoms with Gasteiger partial charge in [0.05, 0.1) is 47.6 Å². The first-order valence-corrected chi connectivity index (χ1v) is 10.1. The number of nitrogens with one attached hydrogen (secondary N) is 2. The Kier molecular flexibility index (Phi) is 3.53. The molecule has 1 aromatic carbocycles. The Morgan fingerprint density at radius 2 is 2.14 bits per heavy atom. The Morgan fingerprint density at radius 1 is 1.18 bits per heavy atom. The molecule has 7 heteroatoms. The summed E-state index contributed by atoms with van der Waals surface area (Å²) in [5, 5.41) is 12.0. The van der Waals surface area contributed by atoms with E-state index in [4.69, 9.17) is 9.72 Å². The van der Waals surface area contributed by atoms with Crippen LogP contribution in [0.3, 0.4) is 0 Å². The monoisotopic (exact) mass is 376 g/mol. The second-order valence-corrected chi connectivity index (χ2v) is 7.99. The first kappa shape index (κ1) is 16.2. The Balaban J connectivity index is 1.41. The molecule has 5 heterocycles. The van der Waals surface area contributed by atoms with Crippen LogP contribution >= 0.6 is 0 Å². The van der Waals surface area contributed by atoms with Crippen molar-refractivity contribution in [1.82, 2.24) is 20.5 Å². The lowest BCUT2D eigenvalue weighted by atomic mass is 9.97. The minimum absolute atomic E-state index is 0.424. The predicted molar refractivity (Wildman–Crippen MR) is 109 cm³/mol. The number of hydrogen-bond donors (Lipinski definition) is 2.